The zero-order valence-corrected chi connectivity index (χ0v) is 57.8. The van der Waals surface area contributed by atoms with Gasteiger partial charge >= 0.3 is 0 Å². The summed E-state index contributed by atoms with van der Waals surface area (Å²) in [5, 5.41) is 31.0. The number of nitrogens with zero attached hydrogens (tertiary/aromatic N) is 16. The third-order valence-corrected chi connectivity index (χ3v) is 17.2. The molecule has 0 radical (unpaired) electrons. The lowest BCUT2D eigenvalue weighted by Crippen LogP contribution is -2.07. The summed E-state index contributed by atoms with van der Waals surface area (Å²) in [4.78, 5) is 34.8. The van der Waals surface area contributed by atoms with Crippen molar-refractivity contribution in [3.8, 4) is 45.0 Å². The van der Waals surface area contributed by atoms with E-state index >= 15 is 0 Å². The Morgan fingerprint density at radius 1 is 0.296 bits per heavy atom. The van der Waals surface area contributed by atoms with Crippen LogP contribution >= 0.6 is 63.7 Å². The summed E-state index contributed by atoms with van der Waals surface area (Å²) in [6.07, 6.45) is 21.1. The topological polar surface area (TPSA) is 220 Å². The number of benzene rings is 4. The Bertz CT molecular complexity index is 5000. The van der Waals surface area contributed by atoms with Crippen LogP contribution in [0.1, 0.15) is 22.3 Å². The lowest BCUT2D eigenvalue weighted by molar-refractivity contribution is 0.630. The first-order valence-electron chi connectivity index (χ1n) is 30.4. The minimum Gasteiger partial charge on any atom is -0.366 e. The SMILES string of the molecule is Brc1cnn2c(NCc3cccnc3)cc(-c3ccccc3)nc12.Brc1cnn2c(NCc3ccncc3)cc(-c3ccccc3)nc12.Fc1ccccc1-c1cc(NCc2cccnc2)n2ncc(Br)c2n1.Fc1ccccc1-c1cc(NCc2ccncc2)n2ncc(Br)c2n1. The van der Waals surface area contributed by atoms with Crippen molar-refractivity contribution in [2.75, 3.05) is 21.3 Å². The van der Waals surface area contributed by atoms with Crippen LogP contribution in [-0.4, -0.2) is 78.3 Å². The third-order valence-electron chi connectivity index (χ3n) is 15.0. The van der Waals surface area contributed by atoms with Crippen LogP contribution in [0.25, 0.3) is 67.6 Å². The molecule has 0 unspecified atom stereocenters. The molecule has 0 amide bonds. The van der Waals surface area contributed by atoms with Gasteiger partial charge in [-0.3, -0.25) is 19.9 Å². The number of fused-ring (bicyclic) bond motifs is 4. The number of pyridine rings is 4. The minimum atomic E-state index is -0.312. The van der Waals surface area contributed by atoms with E-state index in [1.165, 1.54) is 12.1 Å². The van der Waals surface area contributed by atoms with Crippen molar-refractivity contribution in [2.24, 2.45) is 0 Å². The quantitative estimate of drug-likeness (QED) is 0.0706. The molecule has 26 heteroatoms. The molecule has 16 rings (SSSR count). The zero-order valence-electron chi connectivity index (χ0n) is 51.5. The van der Waals surface area contributed by atoms with Crippen molar-refractivity contribution < 1.29 is 8.78 Å². The molecule has 12 aromatic heterocycles. The fourth-order valence-electron chi connectivity index (χ4n) is 10.2. The summed E-state index contributed by atoms with van der Waals surface area (Å²) in [5.74, 6) is 2.60. The molecule has 12 heterocycles. The van der Waals surface area contributed by atoms with E-state index < -0.39 is 0 Å². The Morgan fingerprint density at radius 3 is 0.929 bits per heavy atom. The molecule has 0 spiro atoms. The molecule has 98 heavy (non-hydrogen) atoms. The molecule has 0 fully saturated rings. The predicted molar refractivity (Wildman–Crippen MR) is 391 cm³/mol. The summed E-state index contributed by atoms with van der Waals surface area (Å²) in [6.45, 7) is 2.52. The van der Waals surface area contributed by atoms with Gasteiger partial charge in [-0.2, -0.15) is 38.5 Å². The average Bonchev–Trinajstić information content (AvgIpc) is 1.69. The third kappa shape index (κ3) is 15.7. The molecule has 20 nitrogen and oxygen atoms in total. The fourth-order valence-corrected chi connectivity index (χ4v) is 11.5. The van der Waals surface area contributed by atoms with Gasteiger partial charge in [0.1, 0.15) is 34.9 Å². The average molecular weight is 1560 g/mol. The van der Waals surface area contributed by atoms with E-state index in [0.717, 1.165) is 97.2 Å². The van der Waals surface area contributed by atoms with Gasteiger partial charge in [0.05, 0.1) is 65.5 Å². The first kappa shape index (κ1) is 65.6. The van der Waals surface area contributed by atoms with Crippen LogP contribution in [0.2, 0.25) is 0 Å². The first-order valence-corrected chi connectivity index (χ1v) is 33.5. The highest BCUT2D eigenvalue weighted by Gasteiger charge is 2.18. The highest BCUT2D eigenvalue weighted by molar-refractivity contribution is 9.11. The van der Waals surface area contributed by atoms with Crippen LogP contribution < -0.4 is 21.3 Å². The Labute approximate surface area is 593 Å². The second kappa shape index (κ2) is 31.2. The standard InChI is InChI=1S/2C18H13BrFN5.2C18H14BrN5/c19-14-11-23-25-17(22-10-12-4-3-7-21-9-12)8-16(24-18(14)25)13-5-1-2-6-15(13)20;19-14-11-23-25-17(22-10-12-5-7-21-8-6-12)9-16(24-18(14)25)13-3-1-2-4-15(13)20;19-15-12-22-24-17(21-11-13-5-4-8-20-10-13)9-16(23-18(15)24)14-6-2-1-3-7-14;19-15-12-22-24-17(21-11-13-6-8-20-9-7-13)10-16(23-18(15)24)14-4-2-1-3-5-14/h2*1-9,11,22H,10H2;2*1-10,12,21H,11H2. The number of hydrogen-bond acceptors (Lipinski definition) is 16. The van der Waals surface area contributed by atoms with E-state index in [1.54, 1.807) is 135 Å². The predicted octanol–water partition coefficient (Wildman–Crippen LogP) is 16.9. The molecular formula is C72H54Br4F2N20. The molecule has 484 valence electrons. The van der Waals surface area contributed by atoms with Gasteiger partial charge in [0.25, 0.3) is 0 Å². The van der Waals surface area contributed by atoms with Crippen LogP contribution in [-0.2, 0) is 26.2 Å². The van der Waals surface area contributed by atoms with Crippen molar-refractivity contribution in [1.82, 2.24) is 78.3 Å². The van der Waals surface area contributed by atoms with E-state index in [1.807, 2.05) is 115 Å². The van der Waals surface area contributed by atoms with E-state index in [0.29, 0.717) is 60.0 Å². The van der Waals surface area contributed by atoms with Gasteiger partial charge in [-0.1, -0.05) is 97.1 Å². The molecule has 0 aliphatic rings. The van der Waals surface area contributed by atoms with E-state index in [9.17, 15) is 8.78 Å². The number of aromatic nitrogens is 16. The largest absolute Gasteiger partial charge is 0.366 e. The minimum absolute atomic E-state index is 0.310. The van der Waals surface area contributed by atoms with Gasteiger partial charge in [-0.25, -0.2) is 28.7 Å². The van der Waals surface area contributed by atoms with Crippen molar-refractivity contribution in [3.05, 3.63) is 308 Å². The van der Waals surface area contributed by atoms with Gasteiger partial charge in [0.2, 0.25) is 0 Å². The van der Waals surface area contributed by atoms with Crippen molar-refractivity contribution in [2.45, 2.75) is 26.2 Å². The van der Waals surface area contributed by atoms with Crippen LogP contribution in [0.3, 0.4) is 0 Å². The summed E-state index contributed by atoms with van der Waals surface area (Å²) in [5.41, 5.74) is 13.1. The van der Waals surface area contributed by atoms with Crippen LogP contribution in [0.5, 0.6) is 0 Å². The number of hydrogen-bond donors (Lipinski definition) is 4. The Morgan fingerprint density at radius 2 is 0.602 bits per heavy atom. The molecular weight excluding hydrogens is 1500 g/mol. The van der Waals surface area contributed by atoms with Crippen LogP contribution in [0.15, 0.2) is 274 Å². The van der Waals surface area contributed by atoms with Crippen LogP contribution in [0, 0.1) is 11.6 Å². The van der Waals surface area contributed by atoms with Gasteiger partial charge in [-0.15, -0.1) is 0 Å². The summed E-state index contributed by atoms with van der Waals surface area (Å²) >= 11 is 13.9. The molecule has 4 aromatic carbocycles. The molecule has 0 saturated carbocycles. The molecule has 16 aromatic rings. The molecule has 0 aliphatic carbocycles. The second-order valence-corrected chi connectivity index (χ2v) is 25.0. The lowest BCUT2D eigenvalue weighted by atomic mass is 10.1. The second-order valence-electron chi connectivity index (χ2n) is 21.6. The molecule has 0 atom stereocenters. The summed E-state index contributed by atoms with van der Waals surface area (Å²) < 4.78 is 38.6. The maximum atomic E-state index is 14.2. The van der Waals surface area contributed by atoms with Crippen molar-refractivity contribution in [1.29, 1.82) is 0 Å². The lowest BCUT2D eigenvalue weighted by Gasteiger charge is -2.11. The summed E-state index contributed by atoms with van der Waals surface area (Å²) in [6, 6.07) is 56.7. The number of nitrogens with one attached hydrogen (secondary N) is 4. The number of rotatable bonds is 16. The Hall–Kier alpha value is -11.1. The van der Waals surface area contributed by atoms with E-state index in [2.05, 4.69) is 147 Å². The van der Waals surface area contributed by atoms with Crippen LogP contribution in [0.4, 0.5) is 32.1 Å². The van der Waals surface area contributed by atoms with E-state index in [-0.39, 0.29) is 11.6 Å². The smallest absolute Gasteiger partial charge is 0.172 e. The highest BCUT2D eigenvalue weighted by atomic mass is 79.9. The maximum Gasteiger partial charge on any atom is 0.172 e. The van der Waals surface area contributed by atoms with Gasteiger partial charge in [-0.05, 0) is 147 Å². The summed E-state index contributed by atoms with van der Waals surface area (Å²) in [7, 11) is 0. The highest BCUT2D eigenvalue weighted by Crippen LogP contribution is 2.32. The zero-order chi connectivity index (χ0) is 67.2. The number of anilines is 4. The normalized spacial score (nSPS) is 10.9. The monoisotopic (exact) mass is 1550 g/mol. The molecule has 4 N–H and O–H groups in total. The Balaban J connectivity index is 0.000000118. The number of halogens is 6. The maximum absolute atomic E-state index is 14.2. The first-order chi connectivity index (χ1) is 48.1. The Kier molecular flexibility index (Phi) is 20.9. The fraction of sp³-hybridized carbons (Fsp3) is 0.0556. The van der Waals surface area contributed by atoms with Gasteiger partial charge < -0.3 is 21.3 Å². The van der Waals surface area contributed by atoms with Gasteiger partial charge in [0.15, 0.2) is 22.6 Å². The van der Waals surface area contributed by atoms with E-state index in [4.69, 9.17) is 9.97 Å². The molecule has 0 bridgehead atoms. The molecule has 0 aliphatic heterocycles. The van der Waals surface area contributed by atoms with Crippen molar-refractivity contribution in [3.63, 3.8) is 0 Å². The van der Waals surface area contributed by atoms with Gasteiger partial charge in [0, 0.05) is 122 Å². The van der Waals surface area contributed by atoms with Crippen molar-refractivity contribution >= 4 is 110 Å². The molecule has 0 saturated heterocycles.